The summed E-state index contributed by atoms with van der Waals surface area (Å²) in [5.74, 6) is 0. The molecule has 0 unspecified atom stereocenters. The van der Waals surface area contributed by atoms with Crippen LogP contribution in [0.15, 0.2) is 0 Å². The van der Waals surface area contributed by atoms with Gasteiger partial charge in [-0.15, -0.1) is 0 Å². The minimum Gasteiger partial charge on any atom is -0.441 e. The number of likely N-dealkylation sites (N-methyl/N-ethyl adjacent to an activating group) is 1. The molecule has 0 aliphatic rings. The highest BCUT2D eigenvalue weighted by molar-refractivity contribution is 4.68. The molecule has 2 nitrogen and oxygen atoms in total. The maximum atomic E-state index is 5.07. The maximum absolute atomic E-state index is 5.07. The highest BCUT2D eigenvalue weighted by atomic mass is 16.5. The van der Waals surface area contributed by atoms with E-state index in [1.54, 1.807) is 0 Å². The molecular weight excluding hydrogens is 174 g/mol. The fourth-order valence-electron chi connectivity index (χ4n) is 2.06. The minimum absolute atomic E-state index is 0.685. The highest BCUT2D eigenvalue weighted by Crippen LogP contribution is 2.09. The van der Waals surface area contributed by atoms with Gasteiger partial charge in [-0.2, -0.15) is 0 Å². The molecule has 0 fully saturated rings. The standard InChI is InChI=1S/C12H24NO/c1-5-9-13(7-3,10-6-2)11-12-14-8-4/h4H,5-7,9-12H2,1-3H3/q+1. The van der Waals surface area contributed by atoms with E-state index in [-0.39, 0.29) is 0 Å². The number of hydrogen-bond donors (Lipinski definition) is 0. The fourth-order valence-corrected chi connectivity index (χ4v) is 2.06. The first-order chi connectivity index (χ1) is 6.74. The first kappa shape index (κ1) is 13.3. The normalized spacial score (nSPS) is 11.0. The summed E-state index contributed by atoms with van der Waals surface area (Å²) < 4.78 is 6.14. The first-order valence-corrected chi connectivity index (χ1v) is 5.67. The second-order valence-corrected chi connectivity index (χ2v) is 3.80. The predicted molar refractivity (Wildman–Crippen MR) is 60.8 cm³/mol. The lowest BCUT2D eigenvalue weighted by atomic mass is 10.2. The average Bonchev–Trinajstić information content (AvgIpc) is 2.19. The second kappa shape index (κ2) is 7.70. The Labute approximate surface area is 88.8 Å². The van der Waals surface area contributed by atoms with Crippen LogP contribution in [0.25, 0.3) is 0 Å². The van der Waals surface area contributed by atoms with Crippen molar-refractivity contribution in [1.29, 1.82) is 0 Å². The van der Waals surface area contributed by atoms with E-state index in [0.717, 1.165) is 11.0 Å². The lowest BCUT2D eigenvalue weighted by Gasteiger charge is -2.37. The second-order valence-electron chi connectivity index (χ2n) is 3.80. The van der Waals surface area contributed by atoms with Gasteiger partial charge in [-0.05, 0) is 19.8 Å². The summed E-state index contributed by atoms with van der Waals surface area (Å²) in [6, 6.07) is 0. The molecule has 0 aromatic carbocycles. The van der Waals surface area contributed by atoms with Gasteiger partial charge in [-0.3, -0.25) is 0 Å². The average molecular weight is 198 g/mol. The Morgan fingerprint density at radius 1 is 1.07 bits per heavy atom. The fraction of sp³-hybridized carbons (Fsp3) is 0.833. The van der Waals surface area contributed by atoms with Gasteiger partial charge >= 0.3 is 0 Å². The molecule has 0 saturated carbocycles. The van der Waals surface area contributed by atoms with Crippen LogP contribution >= 0.6 is 0 Å². The number of nitrogens with zero attached hydrogens (tertiary/aromatic N) is 1. The van der Waals surface area contributed by atoms with E-state index in [0.29, 0.717) is 6.61 Å². The van der Waals surface area contributed by atoms with Crippen molar-refractivity contribution in [2.45, 2.75) is 33.6 Å². The Bertz CT molecular complexity index is 166. The van der Waals surface area contributed by atoms with E-state index < -0.39 is 0 Å². The Morgan fingerprint density at radius 2 is 1.64 bits per heavy atom. The van der Waals surface area contributed by atoms with Gasteiger partial charge in [0.1, 0.15) is 19.3 Å². The summed E-state index contributed by atoms with van der Waals surface area (Å²) in [5.41, 5.74) is 0. The van der Waals surface area contributed by atoms with Crippen LogP contribution in [0, 0.1) is 12.5 Å². The third kappa shape index (κ3) is 4.53. The van der Waals surface area contributed by atoms with Gasteiger partial charge in [0, 0.05) is 0 Å². The lowest BCUT2D eigenvalue weighted by molar-refractivity contribution is -0.926. The Kier molecular flexibility index (Phi) is 7.32. The molecular formula is C12H24NO+. The smallest absolute Gasteiger partial charge is 0.149 e. The van der Waals surface area contributed by atoms with E-state index in [4.69, 9.17) is 11.2 Å². The van der Waals surface area contributed by atoms with Crippen LogP contribution < -0.4 is 0 Å². The summed E-state index contributed by atoms with van der Waals surface area (Å²) in [5, 5.41) is 0. The molecule has 0 spiro atoms. The van der Waals surface area contributed by atoms with Gasteiger partial charge in [-0.25, -0.2) is 0 Å². The van der Waals surface area contributed by atoms with E-state index in [1.807, 2.05) is 0 Å². The highest BCUT2D eigenvalue weighted by Gasteiger charge is 2.22. The van der Waals surface area contributed by atoms with Crippen molar-refractivity contribution >= 4 is 0 Å². The van der Waals surface area contributed by atoms with Gasteiger partial charge < -0.3 is 9.22 Å². The SMILES string of the molecule is C#COCC[N+](CC)(CCC)CCC. The number of terminal acetylenes is 1. The monoisotopic (exact) mass is 198 g/mol. The summed E-state index contributed by atoms with van der Waals surface area (Å²) >= 11 is 0. The largest absolute Gasteiger partial charge is 0.441 e. The van der Waals surface area contributed by atoms with Gasteiger partial charge in [0.05, 0.1) is 19.6 Å². The lowest BCUT2D eigenvalue weighted by Crippen LogP contribution is -2.50. The van der Waals surface area contributed by atoms with Crippen LogP contribution in [-0.4, -0.2) is 37.3 Å². The molecule has 0 heterocycles. The van der Waals surface area contributed by atoms with Crippen molar-refractivity contribution in [3.05, 3.63) is 0 Å². The molecule has 0 rings (SSSR count). The van der Waals surface area contributed by atoms with Crippen LogP contribution in [0.1, 0.15) is 33.6 Å². The molecule has 0 aromatic rings. The first-order valence-electron chi connectivity index (χ1n) is 5.67. The maximum Gasteiger partial charge on any atom is 0.149 e. The summed E-state index contributed by atoms with van der Waals surface area (Å²) in [6.07, 6.45) is 9.76. The van der Waals surface area contributed by atoms with Crippen LogP contribution in [0.3, 0.4) is 0 Å². The van der Waals surface area contributed by atoms with Crippen LogP contribution in [0.5, 0.6) is 0 Å². The van der Waals surface area contributed by atoms with Crippen molar-refractivity contribution in [1.82, 2.24) is 0 Å². The van der Waals surface area contributed by atoms with Crippen LogP contribution in [-0.2, 0) is 4.74 Å². The molecule has 0 aliphatic heterocycles. The van der Waals surface area contributed by atoms with Gasteiger partial charge in [0.25, 0.3) is 0 Å². The van der Waals surface area contributed by atoms with Crippen molar-refractivity contribution in [3.8, 4) is 12.5 Å². The van der Waals surface area contributed by atoms with E-state index in [1.165, 1.54) is 32.5 Å². The Hall–Kier alpha value is -0.680. The summed E-state index contributed by atoms with van der Waals surface area (Å²) in [4.78, 5) is 0. The zero-order valence-corrected chi connectivity index (χ0v) is 9.88. The minimum atomic E-state index is 0.685. The van der Waals surface area contributed by atoms with Gasteiger partial charge in [0.2, 0.25) is 0 Å². The summed E-state index contributed by atoms with van der Waals surface area (Å²) in [6.45, 7) is 12.1. The quantitative estimate of drug-likeness (QED) is 0.330. The van der Waals surface area contributed by atoms with Crippen molar-refractivity contribution < 1.29 is 9.22 Å². The Morgan fingerprint density at radius 3 is 2.00 bits per heavy atom. The van der Waals surface area contributed by atoms with Crippen molar-refractivity contribution in [2.75, 3.05) is 32.8 Å². The molecule has 0 aliphatic carbocycles. The molecule has 0 radical (unpaired) electrons. The molecule has 0 saturated heterocycles. The van der Waals surface area contributed by atoms with E-state index >= 15 is 0 Å². The molecule has 0 amide bonds. The van der Waals surface area contributed by atoms with Gasteiger partial charge in [0.15, 0.2) is 0 Å². The number of quaternary nitrogens is 1. The third-order valence-corrected chi connectivity index (χ3v) is 2.82. The molecule has 0 aromatic heterocycles. The van der Waals surface area contributed by atoms with Crippen molar-refractivity contribution in [3.63, 3.8) is 0 Å². The third-order valence-electron chi connectivity index (χ3n) is 2.82. The molecule has 0 bridgehead atoms. The molecule has 0 atom stereocenters. The number of hydrogen-bond acceptors (Lipinski definition) is 1. The van der Waals surface area contributed by atoms with Crippen LogP contribution in [0.2, 0.25) is 0 Å². The molecule has 14 heavy (non-hydrogen) atoms. The molecule has 2 heteroatoms. The van der Waals surface area contributed by atoms with Crippen molar-refractivity contribution in [2.24, 2.45) is 0 Å². The van der Waals surface area contributed by atoms with E-state index in [2.05, 4.69) is 26.9 Å². The zero-order chi connectivity index (χ0) is 10.9. The topological polar surface area (TPSA) is 9.23 Å². The summed E-state index contributed by atoms with van der Waals surface area (Å²) in [7, 11) is 0. The van der Waals surface area contributed by atoms with Crippen LogP contribution in [0.4, 0.5) is 0 Å². The van der Waals surface area contributed by atoms with E-state index in [9.17, 15) is 0 Å². The predicted octanol–water partition coefficient (Wildman–Crippen LogP) is 2.25. The molecule has 82 valence electrons. The number of ether oxygens (including phenoxy) is 1. The Balaban J connectivity index is 4.11. The molecule has 0 N–H and O–H groups in total. The number of rotatable bonds is 8. The van der Waals surface area contributed by atoms with Gasteiger partial charge in [-0.1, -0.05) is 20.3 Å². The zero-order valence-electron chi connectivity index (χ0n) is 9.88.